The number of hydrogen-bond acceptors (Lipinski definition) is 7. The third kappa shape index (κ3) is 6.30. The predicted molar refractivity (Wildman–Crippen MR) is 134 cm³/mol. The lowest BCUT2D eigenvalue weighted by atomic mass is 10.2. The maximum atomic E-state index is 13.4. The Morgan fingerprint density at radius 3 is 2.14 bits per heavy atom. The van der Waals surface area contributed by atoms with Gasteiger partial charge in [-0.05, 0) is 61.5 Å². The molecule has 0 atom stereocenters. The van der Waals surface area contributed by atoms with Crippen LogP contribution in [0.15, 0.2) is 76.7 Å². The summed E-state index contributed by atoms with van der Waals surface area (Å²) in [6, 6.07) is 17.9. The molecule has 0 aliphatic rings. The summed E-state index contributed by atoms with van der Waals surface area (Å²) in [7, 11) is 0.489. The topological polar surface area (TPSA) is 107 Å². The molecule has 3 aromatic carbocycles. The number of hydrazone groups is 1. The van der Waals surface area contributed by atoms with Crippen molar-refractivity contribution < 1.29 is 27.4 Å². The molecule has 0 aliphatic carbocycles. The maximum absolute atomic E-state index is 13.4. The number of carbonyl (C=O) groups excluding carboxylic acids is 1. The zero-order valence-electron chi connectivity index (χ0n) is 19.9. The number of benzene rings is 3. The monoisotopic (exact) mass is 497 g/mol. The Labute approximate surface area is 205 Å². The van der Waals surface area contributed by atoms with E-state index in [2.05, 4.69) is 10.5 Å². The fourth-order valence-electron chi connectivity index (χ4n) is 3.18. The summed E-state index contributed by atoms with van der Waals surface area (Å²) in [5.74, 6) is 1.02. The van der Waals surface area contributed by atoms with Crippen LogP contribution in [0, 0.1) is 6.92 Å². The Balaban J connectivity index is 1.84. The lowest BCUT2D eigenvalue weighted by Gasteiger charge is -2.24. The lowest BCUT2D eigenvalue weighted by Crippen LogP contribution is -2.39. The number of anilines is 1. The first kappa shape index (κ1) is 25.6. The van der Waals surface area contributed by atoms with Crippen LogP contribution in [0.4, 0.5) is 5.69 Å². The number of nitrogens with zero attached hydrogens (tertiary/aromatic N) is 2. The van der Waals surface area contributed by atoms with E-state index in [0.29, 0.717) is 28.5 Å². The number of amides is 1. The predicted octanol–water partition coefficient (Wildman–Crippen LogP) is 3.37. The number of ether oxygens (including phenoxy) is 3. The minimum absolute atomic E-state index is 0.0243. The van der Waals surface area contributed by atoms with Crippen LogP contribution in [0.25, 0.3) is 0 Å². The molecule has 1 amide bonds. The molecular formula is C25H27N3O6S. The second-order valence-electron chi connectivity index (χ2n) is 7.42. The van der Waals surface area contributed by atoms with Crippen LogP contribution in [-0.4, -0.2) is 48.4 Å². The second-order valence-corrected chi connectivity index (χ2v) is 9.29. The fraction of sp³-hybridized carbons (Fsp3) is 0.200. The first-order valence-electron chi connectivity index (χ1n) is 10.6. The molecule has 0 saturated heterocycles. The summed E-state index contributed by atoms with van der Waals surface area (Å²) in [4.78, 5) is 12.8. The molecule has 0 unspecified atom stereocenters. The molecule has 3 rings (SSSR count). The van der Waals surface area contributed by atoms with Gasteiger partial charge >= 0.3 is 0 Å². The van der Waals surface area contributed by atoms with Crippen LogP contribution in [0.2, 0.25) is 0 Å². The molecule has 0 aromatic heterocycles. The molecule has 184 valence electrons. The zero-order chi connectivity index (χ0) is 25.4. The molecule has 35 heavy (non-hydrogen) atoms. The van der Waals surface area contributed by atoms with Crippen molar-refractivity contribution in [1.29, 1.82) is 0 Å². The molecule has 0 saturated carbocycles. The third-order valence-electron chi connectivity index (χ3n) is 5.09. The summed E-state index contributed by atoms with van der Waals surface area (Å²) in [5, 5.41) is 3.97. The highest BCUT2D eigenvalue weighted by Gasteiger charge is 2.27. The van der Waals surface area contributed by atoms with E-state index in [1.54, 1.807) is 54.6 Å². The van der Waals surface area contributed by atoms with Crippen LogP contribution in [0.1, 0.15) is 11.1 Å². The summed E-state index contributed by atoms with van der Waals surface area (Å²) in [5.41, 5.74) is 4.26. The van der Waals surface area contributed by atoms with Gasteiger partial charge in [0.25, 0.3) is 15.9 Å². The first-order chi connectivity index (χ1) is 16.8. The molecule has 10 heteroatoms. The Morgan fingerprint density at radius 1 is 0.914 bits per heavy atom. The van der Waals surface area contributed by atoms with Crippen LogP contribution in [0.3, 0.4) is 0 Å². The number of nitrogens with one attached hydrogen (secondary N) is 1. The van der Waals surface area contributed by atoms with Crippen LogP contribution >= 0.6 is 0 Å². The fourth-order valence-corrected chi connectivity index (χ4v) is 4.60. The Morgan fingerprint density at radius 2 is 1.54 bits per heavy atom. The molecule has 0 fully saturated rings. The van der Waals surface area contributed by atoms with Crippen molar-refractivity contribution in [3.8, 4) is 17.2 Å². The maximum Gasteiger partial charge on any atom is 0.264 e. The molecule has 0 heterocycles. The molecule has 0 spiro atoms. The lowest BCUT2D eigenvalue weighted by molar-refractivity contribution is -0.119. The average molecular weight is 498 g/mol. The van der Waals surface area contributed by atoms with E-state index in [4.69, 9.17) is 14.2 Å². The van der Waals surface area contributed by atoms with Crippen molar-refractivity contribution in [3.63, 3.8) is 0 Å². The van der Waals surface area contributed by atoms with Gasteiger partial charge in [0.1, 0.15) is 23.8 Å². The minimum Gasteiger partial charge on any atom is -0.497 e. The summed E-state index contributed by atoms with van der Waals surface area (Å²) >= 11 is 0. The normalized spacial score (nSPS) is 11.2. The number of hydrogen-bond donors (Lipinski definition) is 1. The van der Waals surface area contributed by atoms with Gasteiger partial charge in [0.05, 0.1) is 38.1 Å². The van der Waals surface area contributed by atoms with Crippen molar-refractivity contribution in [2.75, 3.05) is 32.2 Å². The quantitative estimate of drug-likeness (QED) is 0.340. The number of methoxy groups -OCH3 is 3. The van der Waals surface area contributed by atoms with Gasteiger partial charge in [-0.1, -0.05) is 17.7 Å². The van der Waals surface area contributed by atoms with Gasteiger partial charge in [-0.15, -0.1) is 0 Å². The van der Waals surface area contributed by atoms with E-state index in [-0.39, 0.29) is 4.90 Å². The van der Waals surface area contributed by atoms with Crippen LogP contribution in [0.5, 0.6) is 17.2 Å². The van der Waals surface area contributed by atoms with E-state index < -0.39 is 22.5 Å². The SMILES string of the molecule is COc1ccc(S(=O)(=O)N(CC(=O)N/N=C\c2cc(OC)ccc2OC)c2ccc(C)cc2)cc1. The highest BCUT2D eigenvalue weighted by atomic mass is 32.2. The van der Waals surface area contributed by atoms with Gasteiger partial charge in [0, 0.05) is 5.56 Å². The van der Waals surface area contributed by atoms with Gasteiger partial charge in [-0.3, -0.25) is 9.10 Å². The number of rotatable bonds is 10. The summed E-state index contributed by atoms with van der Waals surface area (Å²) in [6.07, 6.45) is 1.40. The minimum atomic E-state index is -4.06. The molecule has 0 aliphatic heterocycles. The summed E-state index contributed by atoms with van der Waals surface area (Å²) < 4.78 is 43.5. The number of carbonyl (C=O) groups is 1. The van der Waals surface area contributed by atoms with Gasteiger partial charge < -0.3 is 14.2 Å². The molecule has 1 N–H and O–H groups in total. The van der Waals surface area contributed by atoms with E-state index in [1.165, 1.54) is 39.7 Å². The first-order valence-corrected chi connectivity index (χ1v) is 12.0. The van der Waals surface area contributed by atoms with Crippen molar-refractivity contribution in [2.45, 2.75) is 11.8 Å². The average Bonchev–Trinajstić information content (AvgIpc) is 2.87. The van der Waals surface area contributed by atoms with E-state index in [1.807, 2.05) is 6.92 Å². The van der Waals surface area contributed by atoms with E-state index in [9.17, 15) is 13.2 Å². The van der Waals surface area contributed by atoms with Crippen LogP contribution < -0.4 is 23.9 Å². The van der Waals surface area contributed by atoms with Crippen LogP contribution in [-0.2, 0) is 14.8 Å². The second kappa shape index (κ2) is 11.4. The summed E-state index contributed by atoms with van der Waals surface area (Å²) in [6.45, 7) is 1.41. The Hall–Kier alpha value is -4.05. The van der Waals surface area contributed by atoms with Gasteiger partial charge in [0.2, 0.25) is 0 Å². The zero-order valence-corrected chi connectivity index (χ0v) is 20.7. The molecular weight excluding hydrogens is 470 g/mol. The Bertz CT molecular complexity index is 1290. The molecule has 3 aromatic rings. The molecule has 0 bridgehead atoms. The standard InChI is InChI=1S/C25H27N3O6S/c1-18-5-7-20(8-6-18)28(35(30,31)23-12-9-21(32-2)10-13-23)17-25(29)27-26-16-19-15-22(33-3)11-14-24(19)34-4/h5-16H,17H2,1-4H3,(H,27,29)/b26-16-. The van der Waals surface area contributed by atoms with Crippen molar-refractivity contribution in [3.05, 3.63) is 77.9 Å². The van der Waals surface area contributed by atoms with Crippen molar-refractivity contribution in [1.82, 2.24) is 5.43 Å². The Kier molecular flexibility index (Phi) is 8.32. The largest absolute Gasteiger partial charge is 0.497 e. The highest BCUT2D eigenvalue weighted by molar-refractivity contribution is 7.92. The highest BCUT2D eigenvalue weighted by Crippen LogP contribution is 2.26. The van der Waals surface area contributed by atoms with E-state index >= 15 is 0 Å². The molecule has 9 nitrogen and oxygen atoms in total. The van der Waals surface area contributed by atoms with Crippen molar-refractivity contribution >= 4 is 27.8 Å². The van der Waals surface area contributed by atoms with E-state index in [0.717, 1.165) is 9.87 Å². The number of sulfonamides is 1. The third-order valence-corrected chi connectivity index (χ3v) is 6.87. The van der Waals surface area contributed by atoms with Gasteiger partial charge in [-0.25, -0.2) is 13.8 Å². The smallest absolute Gasteiger partial charge is 0.264 e. The molecule has 0 radical (unpaired) electrons. The van der Waals surface area contributed by atoms with Crippen molar-refractivity contribution in [2.24, 2.45) is 5.10 Å². The van der Waals surface area contributed by atoms with Gasteiger partial charge in [-0.2, -0.15) is 5.10 Å². The number of aryl methyl sites for hydroxylation is 1. The van der Waals surface area contributed by atoms with Gasteiger partial charge in [0.15, 0.2) is 0 Å².